The van der Waals surface area contributed by atoms with Gasteiger partial charge in [-0.05, 0) is 86.3 Å². The van der Waals surface area contributed by atoms with Crippen molar-refractivity contribution in [1.82, 2.24) is 16.0 Å². The van der Waals surface area contributed by atoms with E-state index >= 15 is 0 Å². The Morgan fingerprint density at radius 2 is 1.71 bits per heavy atom. The molecular weight excluding hydrogens is 438 g/mol. The van der Waals surface area contributed by atoms with Crippen LogP contribution in [0.15, 0.2) is 48.5 Å². The van der Waals surface area contributed by atoms with Crippen LogP contribution in [0.2, 0.25) is 0 Å². The molecule has 182 valence electrons. The smallest absolute Gasteiger partial charge is 0.322 e. The predicted molar refractivity (Wildman–Crippen MR) is 132 cm³/mol. The number of carbonyl (C=O) groups is 3. The largest absolute Gasteiger partial charge is 0.352 e. The van der Waals surface area contributed by atoms with Crippen LogP contribution in [0.3, 0.4) is 0 Å². The van der Waals surface area contributed by atoms with Crippen molar-refractivity contribution in [2.24, 2.45) is 17.3 Å². The molecule has 5 aliphatic rings. The van der Waals surface area contributed by atoms with E-state index in [2.05, 4.69) is 47.1 Å². The third-order valence-electron chi connectivity index (χ3n) is 9.21. The molecule has 0 aromatic heterocycles. The van der Waals surface area contributed by atoms with Crippen LogP contribution in [0.25, 0.3) is 0 Å². The summed E-state index contributed by atoms with van der Waals surface area (Å²) in [5.74, 6) is 1.05. The maximum atomic E-state index is 13.8. The first-order valence-electron chi connectivity index (χ1n) is 12.8. The number of nitrogens with one attached hydrogen (secondary N) is 3. The molecule has 7 rings (SSSR count). The molecule has 3 atom stereocenters. The minimum atomic E-state index is -1.10. The second-order valence-corrected chi connectivity index (χ2v) is 11.8. The summed E-state index contributed by atoms with van der Waals surface area (Å²) in [6, 6.07) is 16.1. The molecule has 4 amide bonds. The third kappa shape index (κ3) is 3.57. The summed E-state index contributed by atoms with van der Waals surface area (Å²) in [5.41, 5.74) is 3.04. The van der Waals surface area contributed by atoms with E-state index in [-0.39, 0.29) is 22.6 Å². The highest BCUT2D eigenvalue weighted by Gasteiger charge is 2.60. The fraction of sp³-hybridized carbons (Fsp3) is 0.483. The van der Waals surface area contributed by atoms with Gasteiger partial charge in [0.1, 0.15) is 5.54 Å². The maximum Gasteiger partial charge on any atom is 0.322 e. The lowest BCUT2D eigenvalue weighted by molar-refractivity contribution is -0.149. The van der Waals surface area contributed by atoms with Gasteiger partial charge in [0, 0.05) is 6.54 Å². The first-order valence-corrected chi connectivity index (χ1v) is 12.8. The number of aryl methyl sites for hydroxylation is 1. The van der Waals surface area contributed by atoms with E-state index in [1.807, 2.05) is 24.3 Å². The van der Waals surface area contributed by atoms with Gasteiger partial charge in [-0.25, -0.2) is 4.79 Å². The predicted octanol–water partition coefficient (Wildman–Crippen LogP) is 4.20. The third-order valence-corrected chi connectivity index (χ3v) is 9.21. The summed E-state index contributed by atoms with van der Waals surface area (Å²) >= 11 is 0. The number of hydrogen-bond donors (Lipinski definition) is 3. The number of carbonyl (C=O) groups excluding carboxylic acids is 3. The van der Waals surface area contributed by atoms with Crippen molar-refractivity contribution < 1.29 is 14.4 Å². The van der Waals surface area contributed by atoms with Crippen molar-refractivity contribution in [3.8, 4) is 0 Å². The number of imide groups is 1. The summed E-state index contributed by atoms with van der Waals surface area (Å²) in [5, 5.41) is 8.28. The van der Waals surface area contributed by atoms with Gasteiger partial charge in [-0.1, -0.05) is 54.1 Å². The van der Waals surface area contributed by atoms with Gasteiger partial charge in [-0.2, -0.15) is 0 Å². The number of hydrogen-bond acceptors (Lipinski definition) is 3. The molecule has 6 nitrogen and oxygen atoms in total. The summed E-state index contributed by atoms with van der Waals surface area (Å²) in [7, 11) is 0. The van der Waals surface area contributed by atoms with Gasteiger partial charge in [0.25, 0.3) is 5.91 Å². The van der Waals surface area contributed by atoms with Crippen molar-refractivity contribution in [3.63, 3.8) is 0 Å². The Morgan fingerprint density at radius 1 is 1.00 bits per heavy atom. The molecule has 1 saturated heterocycles. The summed E-state index contributed by atoms with van der Waals surface area (Å²) in [6.45, 7) is 4.23. The Labute approximate surface area is 206 Å². The molecule has 0 spiro atoms. The second-order valence-electron chi connectivity index (χ2n) is 11.8. The number of amides is 4. The molecule has 35 heavy (non-hydrogen) atoms. The number of benzene rings is 2. The summed E-state index contributed by atoms with van der Waals surface area (Å²) < 4.78 is 0. The van der Waals surface area contributed by atoms with E-state index in [0.717, 1.165) is 24.8 Å². The van der Waals surface area contributed by atoms with Gasteiger partial charge < -0.3 is 10.6 Å². The molecule has 0 radical (unpaired) electrons. The van der Waals surface area contributed by atoms with E-state index in [4.69, 9.17) is 0 Å². The van der Waals surface area contributed by atoms with Crippen molar-refractivity contribution in [1.29, 1.82) is 0 Å². The monoisotopic (exact) mass is 471 g/mol. The fourth-order valence-electron chi connectivity index (χ4n) is 7.88. The van der Waals surface area contributed by atoms with Crippen LogP contribution in [0.5, 0.6) is 0 Å². The van der Waals surface area contributed by atoms with E-state index in [1.54, 1.807) is 6.92 Å². The Bertz CT molecular complexity index is 1210. The maximum absolute atomic E-state index is 13.8. The minimum absolute atomic E-state index is 0.123. The number of rotatable bonds is 5. The normalized spacial score (nSPS) is 35.0. The highest BCUT2D eigenvalue weighted by atomic mass is 16.2. The molecule has 2 aromatic carbocycles. The lowest BCUT2D eigenvalue weighted by Gasteiger charge is -2.61. The topological polar surface area (TPSA) is 87.3 Å². The van der Waals surface area contributed by atoms with Crippen molar-refractivity contribution in [2.45, 2.75) is 69.9 Å². The Balaban J connectivity index is 1.21. The molecule has 5 fully saturated rings. The Hall–Kier alpha value is -3.15. The molecule has 6 heteroatoms. The van der Waals surface area contributed by atoms with E-state index in [9.17, 15) is 14.4 Å². The SMILES string of the molecule is Cc1ccc(C23CC4CC(CC(C(=O)NCc5cccc(C6(C)NC(=O)NC6=O)c5)(C4)C2)C3)cc1. The Morgan fingerprint density at radius 3 is 2.37 bits per heavy atom. The van der Waals surface area contributed by atoms with Crippen LogP contribution in [0.4, 0.5) is 4.79 Å². The minimum Gasteiger partial charge on any atom is -0.352 e. The van der Waals surface area contributed by atoms with Gasteiger partial charge in [-0.3, -0.25) is 14.9 Å². The first kappa shape index (κ1) is 22.3. The van der Waals surface area contributed by atoms with E-state index < -0.39 is 11.6 Å². The van der Waals surface area contributed by atoms with E-state index in [0.29, 0.717) is 23.9 Å². The molecule has 1 aliphatic heterocycles. The van der Waals surface area contributed by atoms with Crippen molar-refractivity contribution in [2.75, 3.05) is 0 Å². The molecule has 3 unspecified atom stereocenters. The molecule has 3 N–H and O–H groups in total. The molecule has 2 aromatic rings. The second kappa shape index (κ2) is 7.67. The molecule has 4 bridgehead atoms. The van der Waals surface area contributed by atoms with Crippen LogP contribution in [-0.2, 0) is 27.1 Å². The molecular formula is C29H33N3O3. The highest BCUT2D eigenvalue weighted by molar-refractivity contribution is 6.07. The average Bonchev–Trinajstić information content (AvgIpc) is 3.09. The van der Waals surface area contributed by atoms with Crippen LogP contribution in [0.1, 0.15) is 67.7 Å². The molecule has 1 heterocycles. The highest BCUT2D eigenvalue weighted by Crippen LogP contribution is 2.65. The molecule has 4 aliphatic carbocycles. The van der Waals surface area contributed by atoms with Crippen molar-refractivity contribution in [3.05, 3.63) is 70.8 Å². The van der Waals surface area contributed by atoms with E-state index in [1.165, 1.54) is 30.4 Å². The lowest BCUT2D eigenvalue weighted by Crippen LogP contribution is -2.59. The zero-order valence-electron chi connectivity index (χ0n) is 20.4. The zero-order valence-corrected chi connectivity index (χ0v) is 20.4. The summed E-state index contributed by atoms with van der Waals surface area (Å²) in [4.78, 5) is 37.8. The van der Waals surface area contributed by atoms with Gasteiger partial charge in [-0.15, -0.1) is 0 Å². The van der Waals surface area contributed by atoms with Gasteiger partial charge in [0.15, 0.2) is 0 Å². The molecule has 4 saturated carbocycles. The standard InChI is InChI=1S/C29H33N3O3/c1-18-6-8-22(9-7-18)28-12-20-10-21(13-28)15-29(14-20,17-28)25(34)30-16-19-4-3-5-23(11-19)27(2)24(33)31-26(35)32-27/h3-9,11,20-21H,10,12-17H2,1-2H3,(H,30,34)(H2,31,32,33,35). The van der Waals surface area contributed by atoms with Crippen LogP contribution < -0.4 is 16.0 Å². The van der Waals surface area contributed by atoms with Gasteiger partial charge in [0.05, 0.1) is 5.41 Å². The van der Waals surface area contributed by atoms with Crippen LogP contribution in [-0.4, -0.2) is 17.8 Å². The fourth-order valence-corrected chi connectivity index (χ4v) is 7.88. The number of urea groups is 1. The summed E-state index contributed by atoms with van der Waals surface area (Å²) in [6.07, 6.45) is 6.59. The van der Waals surface area contributed by atoms with Gasteiger partial charge in [0.2, 0.25) is 5.91 Å². The zero-order chi connectivity index (χ0) is 24.4. The quantitative estimate of drug-likeness (QED) is 0.571. The Kier molecular flexibility index (Phi) is 4.89. The first-order chi connectivity index (χ1) is 16.7. The lowest BCUT2D eigenvalue weighted by atomic mass is 9.42. The van der Waals surface area contributed by atoms with Crippen LogP contribution >= 0.6 is 0 Å². The average molecular weight is 472 g/mol. The van der Waals surface area contributed by atoms with Crippen LogP contribution in [0, 0.1) is 24.2 Å². The van der Waals surface area contributed by atoms with Crippen molar-refractivity contribution >= 4 is 17.8 Å². The van der Waals surface area contributed by atoms with Gasteiger partial charge >= 0.3 is 6.03 Å².